The molecule has 0 bridgehead atoms. The third-order valence-electron chi connectivity index (χ3n) is 7.48. The van der Waals surface area contributed by atoms with E-state index in [2.05, 4.69) is 34.2 Å². The van der Waals surface area contributed by atoms with Crippen LogP contribution in [-0.2, 0) is 52.7 Å². The number of halogens is 12. The fraction of sp³-hybridized carbons (Fsp3) is 0.421. The molecule has 10 nitrogen and oxygen atoms in total. The van der Waals surface area contributed by atoms with Gasteiger partial charge in [-0.2, -0.15) is 52.7 Å². The van der Waals surface area contributed by atoms with Gasteiger partial charge >= 0.3 is 41.8 Å². The molecule has 3 N–H and O–H groups in total. The topological polar surface area (TPSA) is 156 Å². The maximum atomic E-state index is 13.3. The molecule has 0 aliphatic rings. The summed E-state index contributed by atoms with van der Waals surface area (Å²) in [5, 5.41) is 27.6. The van der Waals surface area contributed by atoms with Crippen LogP contribution in [0.5, 0.6) is 0 Å². The zero-order chi connectivity index (χ0) is 45.3. The molecule has 2 aromatic carbocycles. The Kier molecular flexibility index (Phi) is 24.9. The van der Waals surface area contributed by atoms with Crippen LogP contribution in [0, 0.1) is 13.8 Å². The van der Waals surface area contributed by atoms with E-state index >= 15 is 0 Å². The molecule has 1 radical (unpaired) electrons. The van der Waals surface area contributed by atoms with Gasteiger partial charge in [0.1, 0.15) is 11.2 Å². The third kappa shape index (κ3) is 16.3. The summed E-state index contributed by atoms with van der Waals surface area (Å²) in [6.45, 7) is 4.72. The first-order chi connectivity index (χ1) is 27.3. The van der Waals surface area contributed by atoms with Gasteiger partial charge in [0.2, 0.25) is 0 Å². The van der Waals surface area contributed by atoms with E-state index in [0.717, 1.165) is 37.4 Å². The van der Waals surface area contributed by atoms with Crippen molar-refractivity contribution < 1.29 is 104 Å². The number of aryl methyl sites for hydroxylation is 2. The number of methoxy groups -OCH3 is 4. The molecule has 4 aromatic rings. The Morgan fingerprint density at radius 2 is 0.770 bits per heavy atom. The predicted octanol–water partition coefficient (Wildman–Crippen LogP) is 7.78. The molecular formula is C38H43F12FeN3O7+. The van der Waals surface area contributed by atoms with Gasteiger partial charge in [-0.25, -0.2) is 0 Å². The molecule has 61 heavy (non-hydrogen) atoms. The molecule has 0 saturated heterocycles. The minimum Gasteiger partial charge on any atom is -0.833 e. The number of hydrogen-bond acceptors (Lipinski definition) is 8. The zero-order valence-electron chi connectivity index (χ0n) is 33.2. The Balaban J connectivity index is 0. The van der Waals surface area contributed by atoms with Crippen molar-refractivity contribution >= 4 is 11.4 Å². The predicted molar refractivity (Wildman–Crippen MR) is 192 cm³/mol. The van der Waals surface area contributed by atoms with Crippen LogP contribution in [0.15, 0.2) is 85.2 Å². The fourth-order valence-electron chi connectivity index (χ4n) is 4.48. The molecule has 0 saturated carbocycles. The number of ether oxygens (including phenoxy) is 4. The minimum atomic E-state index is -6.54. The molecule has 0 atom stereocenters. The van der Waals surface area contributed by atoms with E-state index in [0.29, 0.717) is 38.6 Å². The maximum absolute atomic E-state index is 13.3. The van der Waals surface area contributed by atoms with Crippen molar-refractivity contribution in [3.8, 4) is 11.4 Å². The number of aromatic nitrogens is 2. The van der Waals surface area contributed by atoms with Gasteiger partial charge in [0.15, 0.2) is 0 Å². The first-order valence-electron chi connectivity index (χ1n) is 16.7. The average molecular weight is 938 g/mol. The van der Waals surface area contributed by atoms with Gasteiger partial charge in [-0.3, -0.25) is 9.97 Å². The Morgan fingerprint density at radius 3 is 0.984 bits per heavy atom. The van der Waals surface area contributed by atoms with E-state index in [1.54, 1.807) is 40.8 Å². The molecule has 0 unspecified atom stereocenters. The zero-order valence-corrected chi connectivity index (χ0v) is 34.3. The van der Waals surface area contributed by atoms with E-state index in [-0.39, 0.29) is 45.8 Å². The minimum absolute atomic E-state index is 0. The summed E-state index contributed by atoms with van der Waals surface area (Å²) in [7, 11) is 6.61. The quantitative estimate of drug-likeness (QED) is 0.0639. The van der Waals surface area contributed by atoms with Crippen molar-refractivity contribution in [3.63, 3.8) is 0 Å². The van der Waals surface area contributed by atoms with Crippen molar-refractivity contribution in [3.05, 3.63) is 113 Å². The number of rotatable bonds is 11. The number of nitrogens with zero attached hydrogens (tertiary/aromatic N) is 3. The second-order valence-corrected chi connectivity index (χ2v) is 11.9. The number of alkyl halides is 12. The summed E-state index contributed by atoms with van der Waals surface area (Å²) >= 11 is 0. The summed E-state index contributed by atoms with van der Waals surface area (Å²) in [6, 6.07) is 14.2. The van der Waals surface area contributed by atoms with Gasteiger partial charge in [0, 0.05) is 40.8 Å². The number of hydrogen-bond donors (Lipinski definition) is 0. The monoisotopic (exact) mass is 937 g/mol. The van der Waals surface area contributed by atoms with Crippen molar-refractivity contribution in [1.82, 2.24) is 9.97 Å². The Labute approximate surface area is 354 Å². The average Bonchev–Trinajstić information content (AvgIpc) is 3.16. The smallest absolute Gasteiger partial charge is 0.833 e. The van der Waals surface area contributed by atoms with Crippen LogP contribution in [0.1, 0.15) is 22.3 Å². The first kappa shape index (κ1) is 59.0. The van der Waals surface area contributed by atoms with Crippen molar-refractivity contribution in [2.75, 3.05) is 54.9 Å². The van der Waals surface area contributed by atoms with E-state index in [1.807, 2.05) is 36.4 Å². The van der Waals surface area contributed by atoms with Crippen molar-refractivity contribution in [2.45, 2.75) is 49.8 Å². The van der Waals surface area contributed by atoms with Crippen LogP contribution >= 0.6 is 0 Å². The molecule has 2 heterocycles. The molecule has 0 spiro atoms. The van der Waals surface area contributed by atoms with Gasteiger partial charge in [-0.1, -0.05) is 70.8 Å². The van der Waals surface area contributed by atoms with E-state index < -0.39 is 58.4 Å². The van der Waals surface area contributed by atoms with E-state index in [1.165, 1.54) is 0 Å². The van der Waals surface area contributed by atoms with Gasteiger partial charge < -0.3 is 40.0 Å². The third-order valence-corrected chi connectivity index (χ3v) is 7.48. The van der Waals surface area contributed by atoms with E-state index in [9.17, 15) is 62.9 Å². The van der Waals surface area contributed by atoms with Gasteiger partial charge in [-0.15, -0.1) is 11.4 Å². The number of pyridine rings is 2. The molecule has 343 valence electrons. The van der Waals surface area contributed by atoms with Gasteiger partial charge in [0.05, 0.1) is 37.8 Å². The molecule has 2 aromatic heterocycles. The molecule has 0 fully saturated rings. The summed E-state index contributed by atoms with van der Waals surface area (Å²) in [6.07, 6.45) is -22.6. The van der Waals surface area contributed by atoms with Crippen LogP contribution in [0.2, 0.25) is 0 Å². The second-order valence-electron chi connectivity index (χ2n) is 11.9. The summed E-state index contributed by atoms with van der Waals surface area (Å²) in [5.41, 5.74) is -17.8. The van der Waals surface area contributed by atoms with Gasteiger partial charge in [0.25, 0.3) is 0 Å². The first-order valence-corrected chi connectivity index (χ1v) is 16.7. The summed E-state index contributed by atoms with van der Waals surface area (Å²) in [5.74, 6) is 0. The molecule has 0 aliphatic carbocycles. The molecule has 23 heteroatoms. The second kappa shape index (κ2) is 25.8. The van der Waals surface area contributed by atoms with Crippen LogP contribution in [0.3, 0.4) is 0 Å². The Morgan fingerprint density at radius 1 is 0.492 bits per heavy atom. The SMILES string of the molecule is COCCOC.COCCOC.Cc1ccc([N-]c2ccc(C)cc2C([O-])(C(F)(F)F)C(F)(F)F)c(C([O-])(C(F)(F)F)C(F)(F)F)c1.[Fe+3].[OH3+].c1ccc(-c2ccccn2)nc1. The Hall–Kier alpha value is -4.06. The van der Waals surface area contributed by atoms with Crippen LogP contribution in [-0.4, -0.2) is 89.5 Å². The Bertz CT molecular complexity index is 1650. The normalized spacial score (nSPS) is 11.9. The molecular weight excluding hydrogens is 894 g/mol. The number of benzene rings is 2. The van der Waals surface area contributed by atoms with Crippen molar-refractivity contribution in [2.24, 2.45) is 0 Å². The van der Waals surface area contributed by atoms with Gasteiger partial charge in [-0.05, 0) is 38.1 Å². The summed E-state index contributed by atoms with van der Waals surface area (Å²) in [4.78, 5) is 8.37. The molecule has 4 rings (SSSR count). The molecule has 0 amide bonds. The van der Waals surface area contributed by atoms with Crippen molar-refractivity contribution in [1.29, 1.82) is 0 Å². The van der Waals surface area contributed by atoms with Crippen LogP contribution in [0.4, 0.5) is 64.1 Å². The van der Waals surface area contributed by atoms with Crippen LogP contribution in [0.25, 0.3) is 16.7 Å². The fourth-order valence-corrected chi connectivity index (χ4v) is 4.48. The standard InChI is InChI=1S/C20H12F12NO2.C10H8N2.2C4H10O2.Fe.H2O/c1-9-3-5-13(11(7-9)15(34,17(21,22)23)18(24,25)26)33-14-6-4-10(2)8-12(14)16(35,19(27,28)29)20(30,31)32;1-3-7-11-9(5-1)10-6-2-4-8-12-10;2*1-5-3-4-6-2;;/h3-8H,1-2H3;1-8H;2*3-4H2,1-2H3;;1H2/q-3;;;;+3;/p+1. The maximum Gasteiger partial charge on any atom is 3.00 e. The molecule has 0 aliphatic heterocycles. The van der Waals surface area contributed by atoms with E-state index in [4.69, 9.17) is 0 Å². The summed E-state index contributed by atoms with van der Waals surface area (Å²) < 4.78 is 179. The largest absolute Gasteiger partial charge is 3.00 e. The van der Waals surface area contributed by atoms with Crippen LogP contribution < -0.4 is 10.2 Å².